The molecule has 14 nitrogen and oxygen atoms in total. The number of pyridine rings is 3. The fraction of sp³-hybridized carbons (Fsp3) is 0. The summed E-state index contributed by atoms with van der Waals surface area (Å²) in [5, 5.41) is 10.5. The summed E-state index contributed by atoms with van der Waals surface area (Å²) < 4.78 is 13.8. The van der Waals surface area contributed by atoms with Crippen LogP contribution in [-0.4, -0.2) is 67.3 Å². The molecule has 11 aromatic heterocycles. The third-order valence-corrected chi connectivity index (χ3v) is 29.0. The van der Waals surface area contributed by atoms with Crippen LogP contribution >= 0.6 is 0 Å². The Morgan fingerprint density at radius 3 is 0.833 bits per heavy atom. The molecular formula is C136H88N14. The van der Waals surface area contributed by atoms with Crippen LogP contribution in [0, 0.1) is 0 Å². The molecule has 0 bridgehead atoms. The number of aromatic nitrogens is 14. The van der Waals surface area contributed by atoms with E-state index in [0.717, 1.165) is 177 Å². The molecule has 702 valence electrons. The molecule has 11 heterocycles. The van der Waals surface area contributed by atoms with Crippen molar-refractivity contribution in [2.45, 2.75) is 0 Å². The minimum absolute atomic E-state index is 0.576. The molecule has 0 N–H and O–H groups in total. The molecule has 30 aromatic rings. The molecule has 30 rings (SSSR count). The summed E-state index contributed by atoms with van der Waals surface area (Å²) in [4.78, 5) is 40.0. The highest BCUT2D eigenvalue weighted by molar-refractivity contribution is 6.16. The van der Waals surface area contributed by atoms with Crippen LogP contribution < -0.4 is 0 Å². The van der Waals surface area contributed by atoms with Crippen LogP contribution in [0.5, 0.6) is 0 Å². The van der Waals surface area contributed by atoms with Crippen molar-refractivity contribution in [1.82, 2.24) is 67.3 Å². The Morgan fingerprint density at radius 2 is 0.407 bits per heavy atom. The van der Waals surface area contributed by atoms with Gasteiger partial charge in [-0.15, -0.1) is 0 Å². The summed E-state index contributed by atoms with van der Waals surface area (Å²) >= 11 is 0. The maximum absolute atomic E-state index is 5.22. The quantitative estimate of drug-likeness (QED) is 0.0991. The van der Waals surface area contributed by atoms with E-state index in [2.05, 4.69) is 434 Å². The Hall–Kier alpha value is -20.5. The molecule has 0 saturated heterocycles. The average molecular weight is 1920 g/mol. The highest BCUT2D eigenvalue weighted by Crippen LogP contribution is 2.45. The molecule has 0 aliphatic rings. The summed E-state index contributed by atoms with van der Waals surface area (Å²) in [6.45, 7) is 0. The molecule has 19 aromatic carbocycles. The third kappa shape index (κ3) is 15.4. The Labute approximate surface area is 862 Å². The van der Waals surface area contributed by atoms with Crippen LogP contribution in [0.1, 0.15) is 0 Å². The molecule has 0 aliphatic carbocycles. The van der Waals surface area contributed by atoms with Gasteiger partial charge in [-0.1, -0.05) is 352 Å². The zero-order valence-corrected chi connectivity index (χ0v) is 81.1. The van der Waals surface area contributed by atoms with Crippen LogP contribution in [0.15, 0.2) is 534 Å². The molecule has 0 unspecified atom stereocenters. The Kier molecular flexibility index (Phi) is 21.6. The first-order valence-corrected chi connectivity index (χ1v) is 50.5. The predicted octanol–water partition coefficient (Wildman–Crippen LogP) is 33.8. The summed E-state index contributed by atoms with van der Waals surface area (Å²) in [5.74, 6) is 3.35. The molecular weight excluding hydrogens is 1830 g/mol. The topological polar surface area (TPSA) is 133 Å². The minimum atomic E-state index is 0.576. The minimum Gasteiger partial charge on any atom is -0.309 e. The number of benzene rings is 19. The fourth-order valence-electron chi connectivity index (χ4n) is 22.0. The Balaban J connectivity index is 0.000000108. The molecule has 14 heteroatoms. The molecule has 0 spiro atoms. The van der Waals surface area contributed by atoms with Gasteiger partial charge in [0.25, 0.3) is 0 Å². The molecule has 0 aliphatic heterocycles. The van der Waals surface area contributed by atoms with Crippen LogP contribution in [0.3, 0.4) is 0 Å². The first-order valence-electron chi connectivity index (χ1n) is 50.5. The normalized spacial score (nSPS) is 11.6. The molecule has 150 heavy (non-hydrogen) atoms. The van der Waals surface area contributed by atoms with Gasteiger partial charge < -0.3 is 18.3 Å². The van der Waals surface area contributed by atoms with Crippen LogP contribution in [0.2, 0.25) is 0 Å². The highest BCUT2D eigenvalue weighted by Gasteiger charge is 2.26. The van der Waals surface area contributed by atoms with Crippen molar-refractivity contribution in [3.05, 3.63) is 534 Å². The van der Waals surface area contributed by atoms with Crippen molar-refractivity contribution in [1.29, 1.82) is 0 Å². The first kappa shape index (κ1) is 87.3. The molecule has 0 saturated carbocycles. The highest BCUT2D eigenvalue weighted by atomic mass is 15.2. The summed E-state index contributed by atoms with van der Waals surface area (Å²) in [6, 6.07) is 181. The number of para-hydroxylation sites is 5. The smallest absolute Gasteiger partial charge is 0.238 e. The summed E-state index contributed by atoms with van der Waals surface area (Å²) in [5.41, 5.74) is 37.2. The molecule has 0 fully saturated rings. The fourth-order valence-corrected chi connectivity index (χ4v) is 22.0. The van der Waals surface area contributed by atoms with Gasteiger partial charge >= 0.3 is 0 Å². The molecule has 0 atom stereocenters. The van der Waals surface area contributed by atoms with Gasteiger partial charge in [-0.25, -0.2) is 15.0 Å². The van der Waals surface area contributed by atoms with Gasteiger partial charge in [-0.2, -0.15) is 9.97 Å². The SMILES string of the molecule is c1ccc(-c2cc(-n3c4ccccc4c4ccc(-c5ccc6c(c5)c5ncccc5n6-c5ccccc5)cc43)nc(-c3ccccc3)n2)cc1.c1ccc(-c2ccc(-n3c4ccc(-c5ccc6c7ccccc7n(-c7cccc(-c8ccccc8)c7)c6c5)cc4c4ncccc43)cc2)cc1.c1ccc(-c2nc(-c3ccccc3)nc(-n3c4ccccc4c4ccc(-c5ccc6c(c5)c5ncccc5n6-c5ccccc5)cc43)n2)cc1. The second-order valence-electron chi connectivity index (χ2n) is 37.8. The predicted molar refractivity (Wildman–Crippen MR) is 617 cm³/mol. The van der Waals surface area contributed by atoms with Crippen LogP contribution in [0.25, 0.3) is 267 Å². The van der Waals surface area contributed by atoms with Gasteiger partial charge in [-0.05, 0) is 213 Å². The van der Waals surface area contributed by atoms with Crippen molar-refractivity contribution in [2.24, 2.45) is 0 Å². The van der Waals surface area contributed by atoms with E-state index >= 15 is 0 Å². The lowest BCUT2D eigenvalue weighted by molar-refractivity contribution is 0.953. The lowest BCUT2D eigenvalue weighted by Gasteiger charge is -2.12. The van der Waals surface area contributed by atoms with Gasteiger partial charge in [-0.3, -0.25) is 24.1 Å². The number of hydrogen-bond donors (Lipinski definition) is 0. The third-order valence-electron chi connectivity index (χ3n) is 29.0. The maximum Gasteiger partial charge on any atom is 0.238 e. The van der Waals surface area contributed by atoms with Gasteiger partial charge in [0.15, 0.2) is 17.5 Å². The van der Waals surface area contributed by atoms with Crippen molar-refractivity contribution >= 4 is 131 Å². The maximum atomic E-state index is 5.22. The van der Waals surface area contributed by atoms with E-state index in [0.29, 0.717) is 23.4 Å². The van der Waals surface area contributed by atoms with E-state index in [1.54, 1.807) is 0 Å². The largest absolute Gasteiger partial charge is 0.309 e. The number of fused-ring (bicyclic) bond motifs is 18. The van der Waals surface area contributed by atoms with Gasteiger partial charge in [0.05, 0.1) is 88.4 Å². The van der Waals surface area contributed by atoms with Crippen molar-refractivity contribution in [3.8, 4) is 136 Å². The van der Waals surface area contributed by atoms with E-state index in [4.69, 9.17) is 39.9 Å². The monoisotopic (exact) mass is 1920 g/mol. The lowest BCUT2D eigenvalue weighted by Crippen LogP contribution is -2.06. The summed E-state index contributed by atoms with van der Waals surface area (Å²) in [6.07, 6.45) is 5.64. The van der Waals surface area contributed by atoms with Crippen molar-refractivity contribution in [3.63, 3.8) is 0 Å². The first-order chi connectivity index (χ1) is 74.4. The zero-order valence-electron chi connectivity index (χ0n) is 81.1. The van der Waals surface area contributed by atoms with Crippen LogP contribution in [-0.2, 0) is 0 Å². The molecule has 0 amide bonds. The van der Waals surface area contributed by atoms with E-state index in [-0.39, 0.29) is 0 Å². The van der Waals surface area contributed by atoms with Crippen molar-refractivity contribution < 1.29 is 0 Å². The van der Waals surface area contributed by atoms with Gasteiger partial charge in [0.2, 0.25) is 5.95 Å². The van der Waals surface area contributed by atoms with Crippen molar-refractivity contribution in [2.75, 3.05) is 0 Å². The lowest BCUT2D eigenvalue weighted by atomic mass is 10.0. The Morgan fingerprint density at radius 1 is 0.133 bits per heavy atom. The number of rotatable bonds is 15. The summed E-state index contributed by atoms with van der Waals surface area (Å²) in [7, 11) is 0. The standard InChI is InChI=1S/C47H31N3.C45H29N5.C44H28N6/c1-3-11-32(12-4-1)34-20-24-38(25-21-34)49-44-27-23-36(30-42(44)47-45(49)19-10-28-48-47)37-22-26-41-40-17-7-8-18-43(40)50(46(41)31-37)39-16-9-15-35(29-39)33-13-5-2-6-14-33;1-4-13-30(14-5-1)38-29-43(48-45(47-38)31-15-6-2-7-16-31)50-39-20-11-10-19-35(39)36-24-22-33(28-42(36)50)32-23-25-40-37(27-32)44-41(21-12-26-46-44)49(40)34-17-8-3-9-18-34;1-4-13-29(14-5-1)42-46-43(30-15-6-2-7-16-30)48-44(47-42)50-37-20-11-10-19-34(37)35-24-22-32(28-40(35)50)31-23-25-38-36(27-31)41-39(21-12-26-45-41)49(38)33-17-8-3-9-18-33/h1-31H;1-29H;1-28H. The van der Waals surface area contributed by atoms with E-state index in [9.17, 15) is 0 Å². The van der Waals surface area contributed by atoms with Gasteiger partial charge in [0, 0.05) is 118 Å². The van der Waals surface area contributed by atoms with Crippen LogP contribution in [0.4, 0.5) is 0 Å². The second kappa shape index (κ2) is 37.0. The zero-order chi connectivity index (χ0) is 99.1. The Bertz CT molecular complexity index is 9930. The van der Waals surface area contributed by atoms with Gasteiger partial charge in [0.1, 0.15) is 5.82 Å². The molecule has 0 radical (unpaired) electrons. The second-order valence-corrected chi connectivity index (χ2v) is 37.8. The number of hydrogen-bond acceptors (Lipinski definition) is 8. The average Bonchev–Trinajstić information content (AvgIpc) is 1.58. The van der Waals surface area contributed by atoms with E-state index in [1.165, 1.54) is 66.0 Å². The van der Waals surface area contributed by atoms with E-state index in [1.807, 2.05) is 128 Å². The van der Waals surface area contributed by atoms with E-state index < -0.39 is 0 Å². The number of nitrogens with zero attached hydrogens (tertiary/aromatic N) is 14.